The molecule has 0 unspecified atom stereocenters. The number of aryl methyl sites for hydroxylation is 2. The Balaban J connectivity index is 3.09. The normalized spacial score (nSPS) is 11.1. The fraction of sp³-hybridized carbons (Fsp3) is 0.688. The Bertz CT molecular complexity index is 397. The van der Waals surface area contributed by atoms with Crippen LogP contribution in [0.4, 0.5) is 5.69 Å². The fourth-order valence-corrected chi connectivity index (χ4v) is 2.63. The predicted molar refractivity (Wildman–Crippen MR) is 83.6 cm³/mol. The third-order valence-electron chi connectivity index (χ3n) is 4.00. The molecule has 3 heteroatoms. The van der Waals surface area contributed by atoms with Gasteiger partial charge in [0.2, 0.25) is 0 Å². The van der Waals surface area contributed by atoms with Gasteiger partial charge in [0.15, 0.2) is 0 Å². The van der Waals surface area contributed by atoms with Gasteiger partial charge in [-0.1, -0.05) is 26.7 Å². The molecule has 19 heavy (non-hydrogen) atoms. The van der Waals surface area contributed by atoms with E-state index in [2.05, 4.69) is 50.6 Å². The van der Waals surface area contributed by atoms with Crippen LogP contribution in [0.15, 0.2) is 6.07 Å². The summed E-state index contributed by atoms with van der Waals surface area (Å²) < 4.78 is 0. The molecule has 0 aliphatic carbocycles. The second kappa shape index (κ2) is 7.49. The summed E-state index contributed by atoms with van der Waals surface area (Å²) in [4.78, 5) is 6.99. The molecule has 2 N–H and O–H groups in total. The molecule has 1 aromatic rings. The van der Waals surface area contributed by atoms with Crippen LogP contribution in [0.25, 0.3) is 0 Å². The molecule has 108 valence electrons. The van der Waals surface area contributed by atoms with Gasteiger partial charge in [-0.25, -0.2) is 0 Å². The highest BCUT2D eigenvalue weighted by molar-refractivity contribution is 5.56. The van der Waals surface area contributed by atoms with Gasteiger partial charge in [-0.3, -0.25) is 4.98 Å². The highest BCUT2D eigenvalue weighted by Gasteiger charge is 2.15. The lowest BCUT2D eigenvalue weighted by molar-refractivity contribution is 0.485. The Morgan fingerprint density at radius 3 is 2.32 bits per heavy atom. The fourth-order valence-electron chi connectivity index (χ4n) is 2.63. The molecular formula is C16H29N3. The summed E-state index contributed by atoms with van der Waals surface area (Å²) in [5.41, 5.74) is 10.5. The summed E-state index contributed by atoms with van der Waals surface area (Å²) in [5, 5.41) is 0. The third-order valence-corrected chi connectivity index (χ3v) is 4.00. The quantitative estimate of drug-likeness (QED) is 0.819. The largest absolute Gasteiger partial charge is 0.371 e. The van der Waals surface area contributed by atoms with Gasteiger partial charge >= 0.3 is 0 Å². The Kier molecular flexibility index (Phi) is 6.29. The Morgan fingerprint density at radius 1 is 1.21 bits per heavy atom. The number of aromatic nitrogens is 1. The lowest BCUT2D eigenvalue weighted by atomic mass is 10.0. The number of hydrogen-bond donors (Lipinski definition) is 1. The minimum absolute atomic E-state index is 0.563. The van der Waals surface area contributed by atoms with E-state index in [1.807, 2.05) is 0 Å². The minimum atomic E-state index is 0.563. The molecule has 0 radical (unpaired) electrons. The Hall–Kier alpha value is -1.09. The van der Waals surface area contributed by atoms with Gasteiger partial charge in [-0.2, -0.15) is 0 Å². The van der Waals surface area contributed by atoms with E-state index >= 15 is 0 Å². The first-order chi connectivity index (χ1) is 9.07. The molecule has 1 heterocycles. The average molecular weight is 263 g/mol. The maximum absolute atomic E-state index is 5.92. The third kappa shape index (κ3) is 3.93. The van der Waals surface area contributed by atoms with Gasteiger partial charge in [0.05, 0.1) is 0 Å². The van der Waals surface area contributed by atoms with E-state index in [1.54, 1.807) is 0 Å². The molecule has 0 aromatic carbocycles. The molecule has 0 atom stereocenters. The number of nitrogens with two attached hydrogens (primary N) is 1. The zero-order chi connectivity index (χ0) is 14.4. The Labute approximate surface area is 118 Å². The molecular weight excluding hydrogens is 234 g/mol. The van der Waals surface area contributed by atoms with E-state index in [-0.39, 0.29) is 0 Å². The van der Waals surface area contributed by atoms with E-state index in [0.717, 1.165) is 30.4 Å². The standard InChI is InChI=1S/C16H29N3/c1-6-14(7-2)11-19(8-3)16-9-12(4)18-13(5)15(16)10-17/h9,14H,6-8,10-11,17H2,1-5H3. The van der Waals surface area contributed by atoms with Crippen LogP contribution >= 0.6 is 0 Å². The summed E-state index contributed by atoms with van der Waals surface area (Å²) >= 11 is 0. The van der Waals surface area contributed by atoms with Gasteiger partial charge in [-0.05, 0) is 32.8 Å². The summed E-state index contributed by atoms with van der Waals surface area (Å²) in [5.74, 6) is 0.749. The number of nitrogens with zero attached hydrogens (tertiary/aromatic N) is 2. The van der Waals surface area contributed by atoms with Crippen molar-refractivity contribution in [2.24, 2.45) is 11.7 Å². The summed E-state index contributed by atoms with van der Waals surface area (Å²) in [6.07, 6.45) is 2.46. The first-order valence-electron chi connectivity index (χ1n) is 7.49. The molecule has 0 fully saturated rings. The van der Waals surface area contributed by atoms with Gasteiger partial charge < -0.3 is 10.6 Å². The molecule has 0 aliphatic rings. The minimum Gasteiger partial charge on any atom is -0.371 e. The second-order valence-electron chi connectivity index (χ2n) is 5.27. The van der Waals surface area contributed by atoms with Crippen molar-refractivity contribution in [3.8, 4) is 0 Å². The molecule has 3 nitrogen and oxygen atoms in total. The summed E-state index contributed by atoms with van der Waals surface area (Å²) in [6.45, 7) is 13.6. The molecule has 1 aromatic heterocycles. The van der Waals surface area contributed by atoms with Crippen molar-refractivity contribution in [1.29, 1.82) is 0 Å². The van der Waals surface area contributed by atoms with E-state index in [4.69, 9.17) is 5.73 Å². The number of pyridine rings is 1. The van der Waals surface area contributed by atoms with Crippen molar-refractivity contribution < 1.29 is 0 Å². The second-order valence-corrected chi connectivity index (χ2v) is 5.27. The number of anilines is 1. The zero-order valence-electron chi connectivity index (χ0n) is 13.2. The van der Waals surface area contributed by atoms with Crippen LogP contribution < -0.4 is 10.6 Å². The van der Waals surface area contributed by atoms with Crippen LogP contribution in [-0.2, 0) is 6.54 Å². The van der Waals surface area contributed by atoms with E-state index in [9.17, 15) is 0 Å². The van der Waals surface area contributed by atoms with Crippen molar-refractivity contribution in [1.82, 2.24) is 4.98 Å². The van der Waals surface area contributed by atoms with E-state index in [0.29, 0.717) is 6.54 Å². The molecule has 0 spiro atoms. The first kappa shape index (κ1) is 16.0. The van der Waals surface area contributed by atoms with Gasteiger partial charge in [0, 0.05) is 42.3 Å². The molecule has 0 amide bonds. The van der Waals surface area contributed by atoms with E-state index < -0.39 is 0 Å². The van der Waals surface area contributed by atoms with Crippen LogP contribution in [0.1, 0.15) is 50.6 Å². The monoisotopic (exact) mass is 263 g/mol. The highest BCUT2D eigenvalue weighted by Crippen LogP contribution is 2.25. The SMILES string of the molecule is CCC(CC)CN(CC)c1cc(C)nc(C)c1CN. The molecule has 1 rings (SSSR count). The van der Waals surface area contributed by atoms with Crippen LogP contribution in [0.3, 0.4) is 0 Å². The van der Waals surface area contributed by atoms with Crippen molar-refractivity contribution in [2.45, 2.75) is 54.0 Å². The predicted octanol–water partition coefficient (Wildman–Crippen LogP) is 3.42. The molecule has 0 aliphatic heterocycles. The maximum atomic E-state index is 5.92. The number of hydrogen-bond acceptors (Lipinski definition) is 3. The van der Waals surface area contributed by atoms with Crippen molar-refractivity contribution in [2.75, 3.05) is 18.0 Å². The first-order valence-corrected chi connectivity index (χ1v) is 7.49. The Morgan fingerprint density at radius 2 is 1.84 bits per heavy atom. The topological polar surface area (TPSA) is 42.2 Å². The molecule has 0 saturated heterocycles. The average Bonchev–Trinajstić information content (AvgIpc) is 2.39. The van der Waals surface area contributed by atoms with Crippen LogP contribution in [0, 0.1) is 19.8 Å². The zero-order valence-corrected chi connectivity index (χ0v) is 13.2. The molecule has 0 saturated carbocycles. The van der Waals surface area contributed by atoms with Crippen LogP contribution in [0.2, 0.25) is 0 Å². The number of rotatable bonds is 7. The van der Waals surface area contributed by atoms with Crippen molar-refractivity contribution >= 4 is 5.69 Å². The van der Waals surface area contributed by atoms with E-state index in [1.165, 1.54) is 24.1 Å². The highest BCUT2D eigenvalue weighted by atomic mass is 15.1. The van der Waals surface area contributed by atoms with Crippen LogP contribution in [0.5, 0.6) is 0 Å². The van der Waals surface area contributed by atoms with Gasteiger partial charge in [0.1, 0.15) is 0 Å². The maximum Gasteiger partial charge on any atom is 0.0448 e. The summed E-state index contributed by atoms with van der Waals surface area (Å²) in [6, 6.07) is 2.18. The lowest BCUT2D eigenvalue weighted by Gasteiger charge is -2.30. The van der Waals surface area contributed by atoms with Gasteiger partial charge in [0.25, 0.3) is 0 Å². The van der Waals surface area contributed by atoms with Crippen molar-refractivity contribution in [3.63, 3.8) is 0 Å². The van der Waals surface area contributed by atoms with Crippen molar-refractivity contribution in [3.05, 3.63) is 23.0 Å². The molecule has 0 bridgehead atoms. The lowest BCUT2D eigenvalue weighted by Crippen LogP contribution is -2.30. The van der Waals surface area contributed by atoms with Gasteiger partial charge in [-0.15, -0.1) is 0 Å². The smallest absolute Gasteiger partial charge is 0.0448 e. The summed E-state index contributed by atoms with van der Waals surface area (Å²) in [7, 11) is 0. The van der Waals surface area contributed by atoms with Crippen LogP contribution in [-0.4, -0.2) is 18.1 Å².